The summed E-state index contributed by atoms with van der Waals surface area (Å²) >= 11 is 0. The number of fused-ring (bicyclic) bond motifs is 1. The van der Waals surface area contributed by atoms with Crippen molar-refractivity contribution < 1.29 is 27.5 Å². The molecule has 0 spiro atoms. The van der Waals surface area contributed by atoms with E-state index in [4.69, 9.17) is 9.47 Å². The lowest BCUT2D eigenvalue weighted by molar-refractivity contribution is -0.119. The predicted molar refractivity (Wildman–Crippen MR) is 123 cm³/mol. The third-order valence-corrected chi connectivity index (χ3v) is 7.03. The molecule has 3 aromatic rings. The van der Waals surface area contributed by atoms with Crippen molar-refractivity contribution in [1.29, 1.82) is 0 Å². The Morgan fingerprint density at radius 3 is 2.58 bits per heavy atom. The highest BCUT2D eigenvalue weighted by Crippen LogP contribution is 2.32. The molecule has 170 valence electrons. The van der Waals surface area contributed by atoms with E-state index in [0.29, 0.717) is 30.1 Å². The highest BCUT2D eigenvalue weighted by atomic mass is 32.2. The largest absolute Gasteiger partial charge is 0.495 e. The number of hydrogen-bond donors (Lipinski definition) is 1. The van der Waals surface area contributed by atoms with E-state index >= 15 is 0 Å². The summed E-state index contributed by atoms with van der Waals surface area (Å²) in [7, 11) is -2.38. The van der Waals surface area contributed by atoms with Crippen LogP contribution in [0.5, 0.6) is 5.75 Å². The number of nitrogens with zero attached hydrogens (tertiary/aromatic N) is 1. The predicted octanol–water partition coefficient (Wildman–Crippen LogP) is 3.24. The molecule has 0 aliphatic carbocycles. The third kappa shape index (κ3) is 4.68. The van der Waals surface area contributed by atoms with Crippen LogP contribution in [0.4, 0.5) is 11.4 Å². The van der Waals surface area contributed by atoms with Gasteiger partial charge in [0.2, 0.25) is 0 Å². The highest BCUT2D eigenvalue weighted by Gasteiger charge is 2.31. The molecule has 0 fully saturated rings. The molecule has 1 aliphatic heterocycles. The summed E-state index contributed by atoms with van der Waals surface area (Å²) in [5.74, 6) is -0.882. The van der Waals surface area contributed by atoms with Crippen LogP contribution in [0.3, 0.4) is 0 Å². The third-order valence-electron chi connectivity index (χ3n) is 5.22. The number of amides is 1. The second kappa shape index (κ2) is 9.33. The van der Waals surface area contributed by atoms with Crippen LogP contribution >= 0.6 is 0 Å². The van der Waals surface area contributed by atoms with Gasteiger partial charge in [-0.3, -0.25) is 9.10 Å². The van der Waals surface area contributed by atoms with Crippen LogP contribution in [0.2, 0.25) is 0 Å². The number of carbonyl (C=O) groups excluding carboxylic acids is 2. The molecule has 0 saturated heterocycles. The van der Waals surface area contributed by atoms with E-state index in [9.17, 15) is 18.0 Å². The van der Waals surface area contributed by atoms with Gasteiger partial charge < -0.3 is 14.8 Å². The summed E-state index contributed by atoms with van der Waals surface area (Å²) in [6.45, 7) is -0.202. The number of anilines is 2. The van der Waals surface area contributed by atoms with Crippen LogP contribution in [0.15, 0.2) is 77.7 Å². The van der Waals surface area contributed by atoms with Gasteiger partial charge in [0.05, 0.1) is 28.9 Å². The molecular formula is C24H22N2O6S. The number of esters is 1. The van der Waals surface area contributed by atoms with Gasteiger partial charge >= 0.3 is 5.97 Å². The minimum absolute atomic E-state index is 0.0212. The van der Waals surface area contributed by atoms with E-state index in [1.54, 1.807) is 36.4 Å². The summed E-state index contributed by atoms with van der Waals surface area (Å²) in [4.78, 5) is 24.7. The molecule has 0 bridgehead atoms. The number of methoxy groups -OCH3 is 1. The van der Waals surface area contributed by atoms with Crippen molar-refractivity contribution >= 4 is 33.3 Å². The van der Waals surface area contributed by atoms with Crippen molar-refractivity contribution in [1.82, 2.24) is 0 Å². The molecule has 1 amide bonds. The van der Waals surface area contributed by atoms with E-state index in [2.05, 4.69) is 5.32 Å². The topological polar surface area (TPSA) is 102 Å². The zero-order chi connectivity index (χ0) is 23.4. The fraction of sp³-hybridized carbons (Fsp3) is 0.167. The summed E-state index contributed by atoms with van der Waals surface area (Å²) in [6, 6.07) is 19.8. The molecular weight excluding hydrogens is 444 g/mol. The van der Waals surface area contributed by atoms with E-state index in [1.165, 1.54) is 35.7 Å². The number of para-hydroxylation sites is 3. The lowest BCUT2D eigenvalue weighted by Crippen LogP contribution is -2.29. The first kappa shape index (κ1) is 22.3. The lowest BCUT2D eigenvalue weighted by atomic mass is 10.2. The van der Waals surface area contributed by atoms with Gasteiger partial charge in [0.1, 0.15) is 5.75 Å². The normalized spacial score (nSPS) is 12.7. The van der Waals surface area contributed by atoms with Crippen molar-refractivity contribution in [2.24, 2.45) is 0 Å². The molecule has 4 rings (SSSR count). The van der Waals surface area contributed by atoms with Gasteiger partial charge in [-0.25, -0.2) is 13.2 Å². The molecule has 0 saturated carbocycles. The van der Waals surface area contributed by atoms with Crippen molar-refractivity contribution in [2.75, 3.05) is 29.9 Å². The van der Waals surface area contributed by atoms with Gasteiger partial charge in [-0.1, -0.05) is 36.4 Å². The first-order valence-corrected chi connectivity index (χ1v) is 11.6. The quantitative estimate of drug-likeness (QED) is 0.537. The fourth-order valence-corrected chi connectivity index (χ4v) is 5.17. The van der Waals surface area contributed by atoms with E-state index < -0.39 is 28.5 Å². The first-order chi connectivity index (χ1) is 15.9. The van der Waals surface area contributed by atoms with Crippen LogP contribution in [-0.4, -0.2) is 40.6 Å². The lowest BCUT2D eigenvalue weighted by Gasteiger charge is -2.19. The van der Waals surface area contributed by atoms with Gasteiger partial charge in [0.15, 0.2) is 6.61 Å². The Labute approximate surface area is 191 Å². The van der Waals surface area contributed by atoms with Crippen molar-refractivity contribution in [2.45, 2.75) is 11.3 Å². The number of hydrogen-bond acceptors (Lipinski definition) is 6. The average Bonchev–Trinajstić information content (AvgIpc) is 3.28. The Morgan fingerprint density at radius 1 is 1.00 bits per heavy atom. The molecule has 0 atom stereocenters. The molecule has 0 radical (unpaired) electrons. The number of carbonyl (C=O) groups is 2. The smallest absolute Gasteiger partial charge is 0.338 e. The van der Waals surface area contributed by atoms with Gasteiger partial charge in [-0.05, 0) is 48.4 Å². The molecule has 8 nitrogen and oxygen atoms in total. The molecule has 1 N–H and O–H groups in total. The monoisotopic (exact) mass is 466 g/mol. The number of rotatable bonds is 7. The van der Waals surface area contributed by atoms with Crippen LogP contribution < -0.4 is 14.4 Å². The maximum Gasteiger partial charge on any atom is 0.338 e. The molecule has 1 heterocycles. The van der Waals surface area contributed by atoms with Gasteiger partial charge in [0, 0.05) is 6.54 Å². The van der Waals surface area contributed by atoms with Crippen molar-refractivity contribution in [3.63, 3.8) is 0 Å². The van der Waals surface area contributed by atoms with Crippen LogP contribution in [-0.2, 0) is 26.0 Å². The second-order valence-corrected chi connectivity index (χ2v) is 9.17. The highest BCUT2D eigenvalue weighted by molar-refractivity contribution is 7.92. The first-order valence-electron chi connectivity index (χ1n) is 10.2. The summed E-state index contributed by atoms with van der Waals surface area (Å²) in [5.41, 5.74) is 2.07. The summed E-state index contributed by atoms with van der Waals surface area (Å²) < 4.78 is 38.0. The number of nitrogens with one attached hydrogen (secondary N) is 1. The molecule has 0 aromatic heterocycles. The van der Waals surface area contributed by atoms with Crippen molar-refractivity contribution in [3.05, 3.63) is 83.9 Å². The molecule has 9 heteroatoms. The Morgan fingerprint density at radius 2 is 1.76 bits per heavy atom. The molecule has 3 aromatic carbocycles. The van der Waals surface area contributed by atoms with E-state index in [-0.39, 0.29) is 10.5 Å². The molecule has 1 aliphatic rings. The zero-order valence-corrected chi connectivity index (χ0v) is 18.7. The minimum atomic E-state index is -3.86. The van der Waals surface area contributed by atoms with E-state index in [0.717, 1.165) is 5.56 Å². The Hall–Kier alpha value is -3.85. The standard InChI is InChI=1S/C24H22N2O6S/c1-31-22-12-5-3-10-20(22)25-23(27)16-32-24(28)18-8-6-9-19(15-18)33(29,30)26-14-13-17-7-2-4-11-21(17)26/h2-12,15H,13-14,16H2,1H3,(H,25,27). The maximum absolute atomic E-state index is 13.2. The minimum Gasteiger partial charge on any atom is -0.495 e. The maximum atomic E-state index is 13.2. The van der Waals surface area contributed by atoms with Crippen LogP contribution in [0, 0.1) is 0 Å². The van der Waals surface area contributed by atoms with E-state index in [1.807, 2.05) is 12.1 Å². The summed E-state index contributed by atoms with van der Waals surface area (Å²) in [6.07, 6.45) is 0.623. The van der Waals surface area contributed by atoms with Gasteiger partial charge in [0.25, 0.3) is 15.9 Å². The second-order valence-electron chi connectivity index (χ2n) is 7.31. The number of ether oxygens (including phenoxy) is 2. The molecule has 33 heavy (non-hydrogen) atoms. The van der Waals surface area contributed by atoms with Gasteiger partial charge in [-0.15, -0.1) is 0 Å². The van der Waals surface area contributed by atoms with Crippen LogP contribution in [0.25, 0.3) is 0 Å². The Kier molecular flexibility index (Phi) is 6.32. The van der Waals surface area contributed by atoms with Crippen LogP contribution in [0.1, 0.15) is 15.9 Å². The SMILES string of the molecule is COc1ccccc1NC(=O)COC(=O)c1cccc(S(=O)(=O)N2CCc3ccccc32)c1. The zero-order valence-electron chi connectivity index (χ0n) is 17.9. The van der Waals surface area contributed by atoms with Gasteiger partial charge in [-0.2, -0.15) is 0 Å². The molecule has 0 unspecified atom stereocenters. The summed E-state index contributed by atoms with van der Waals surface area (Å²) in [5, 5.41) is 2.61. The Balaban J connectivity index is 1.44. The average molecular weight is 467 g/mol. The van der Waals surface area contributed by atoms with Crippen molar-refractivity contribution in [3.8, 4) is 5.75 Å². The Bertz CT molecular complexity index is 1310. The number of benzene rings is 3. The number of sulfonamides is 1. The fourth-order valence-electron chi connectivity index (χ4n) is 3.62.